The van der Waals surface area contributed by atoms with E-state index in [9.17, 15) is 14.9 Å². The van der Waals surface area contributed by atoms with Crippen molar-refractivity contribution >= 4 is 56.8 Å². The standard InChI is InChI=1S/C22H19N7O.C20H17N7O/c23-13-14-6-5-7-15(12-14)19-27-20-16-8-1-2-9-17(16)25-22(29(20)28-19)26-18-10-3-4-11-24-21(18)30;1-2-15(17(22)28)23-20-24-16-6-4-3-5-14(16)19-25-18(26-27(19)20)13-9-7-12(11-21)8-10-13/h1-2,5-9,12,18H,3-4,10-11H2,(H,24,30)(H,25,26);3-10,15H,2H2,1H3,(H2,22,28)(H,23,24)/t18-;15-/m01/s1. The Morgan fingerprint density at radius 1 is 0.793 bits per heavy atom. The summed E-state index contributed by atoms with van der Waals surface area (Å²) in [6.07, 6.45) is 3.17. The van der Waals surface area contributed by atoms with Gasteiger partial charge >= 0.3 is 0 Å². The summed E-state index contributed by atoms with van der Waals surface area (Å²) in [4.78, 5) is 42.9. The molecule has 1 aliphatic heterocycles. The number of hydrogen-bond donors (Lipinski definition) is 4. The maximum absolute atomic E-state index is 12.4. The number of primary amides is 1. The highest BCUT2D eigenvalue weighted by atomic mass is 16.2. The minimum absolute atomic E-state index is 0.0299. The summed E-state index contributed by atoms with van der Waals surface area (Å²) in [6.45, 7) is 2.56. The summed E-state index contributed by atoms with van der Waals surface area (Å²) in [5.41, 5.74) is 10.9. The molecule has 0 bridgehead atoms. The van der Waals surface area contributed by atoms with Crippen molar-refractivity contribution in [3.05, 3.63) is 108 Å². The van der Waals surface area contributed by atoms with Gasteiger partial charge in [0, 0.05) is 28.4 Å². The number of nitrogens with one attached hydrogen (secondary N) is 3. The van der Waals surface area contributed by atoms with Crippen molar-refractivity contribution in [3.8, 4) is 34.9 Å². The Hall–Kier alpha value is -7.98. The van der Waals surface area contributed by atoms with Crippen LogP contribution in [-0.2, 0) is 9.59 Å². The fourth-order valence-electron chi connectivity index (χ4n) is 6.73. The van der Waals surface area contributed by atoms with Crippen molar-refractivity contribution in [2.75, 3.05) is 17.2 Å². The Morgan fingerprint density at radius 2 is 1.41 bits per heavy atom. The first-order valence-corrected chi connectivity index (χ1v) is 18.8. The van der Waals surface area contributed by atoms with Crippen molar-refractivity contribution in [3.63, 3.8) is 0 Å². The maximum Gasteiger partial charge on any atom is 0.242 e. The molecule has 0 aliphatic carbocycles. The molecule has 8 aromatic rings. The smallest absolute Gasteiger partial charge is 0.242 e. The summed E-state index contributed by atoms with van der Waals surface area (Å²) in [5, 5.41) is 38.4. The van der Waals surface area contributed by atoms with Gasteiger partial charge in [-0.05, 0) is 86.3 Å². The van der Waals surface area contributed by atoms with E-state index in [1.165, 1.54) is 0 Å². The SMILES string of the molecule is CC[C@@H](Nc1nc2ccccc2c2nc(-c3ccc(C#N)cc3)nn12)C(N)=O.N#Cc1cccc(-c2nc3c4ccccc4nc(N[C@H]4CCCCNC4=O)n3n2)c1. The van der Waals surface area contributed by atoms with E-state index in [0.717, 1.165) is 52.2 Å². The molecule has 16 nitrogen and oxygen atoms in total. The predicted molar refractivity (Wildman–Crippen MR) is 218 cm³/mol. The van der Waals surface area contributed by atoms with Crippen LogP contribution in [0.2, 0.25) is 0 Å². The molecule has 1 aliphatic rings. The topological polar surface area (TPSA) is 230 Å². The highest BCUT2D eigenvalue weighted by molar-refractivity contribution is 5.94. The normalized spacial score (nSPS) is 14.5. The summed E-state index contributed by atoms with van der Waals surface area (Å²) < 4.78 is 3.23. The van der Waals surface area contributed by atoms with Crippen molar-refractivity contribution in [1.29, 1.82) is 10.5 Å². The molecule has 16 heteroatoms. The molecule has 2 amide bonds. The lowest BCUT2D eigenvalue weighted by atomic mass is 10.1. The van der Waals surface area contributed by atoms with E-state index in [1.54, 1.807) is 45.4 Å². The van der Waals surface area contributed by atoms with E-state index in [2.05, 4.69) is 48.3 Å². The highest BCUT2D eigenvalue weighted by Gasteiger charge is 2.24. The average molecular weight is 769 g/mol. The minimum Gasteiger partial charge on any atom is -0.368 e. The maximum atomic E-state index is 12.4. The van der Waals surface area contributed by atoms with Crippen LogP contribution < -0.4 is 21.7 Å². The van der Waals surface area contributed by atoms with Crippen LogP contribution in [0.25, 0.3) is 55.9 Å². The van der Waals surface area contributed by atoms with Gasteiger partial charge in [0.2, 0.25) is 23.7 Å². The van der Waals surface area contributed by atoms with Gasteiger partial charge in [-0.3, -0.25) is 9.59 Å². The Morgan fingerprint density at radius 3 is 2.05 bits per heavy atom. The first-order chi connectivity index (χ1) is 28.3. The van der Waals surface area contributed by atoms with Gasteiger partial charge in [0.05, 0.1) is 34.3 Å². The summed E-state index contributed by atoms with van der Waals surface area (Å²) in [7, 11) is 0. The van der Waals surface area contributed by atoms with Crippen LogP contribution in [-0.4, -0.2) is 69.6 Å². The number of nitrogens with zero attached hydrogens (tertiary/aromatic N) is 10. The predicted octanol–water partition coefficient (Wildman–Crippen LogP) is 5.39. The fourth-order valence-corrected chi connectivity index (χ4v) is 6.73. The van der Waals surface area contributed by atoms with Gasteiger partial charge in [-0.25, -0.2) is 19.9 Å². The quantitative estimate of drug-likeness (QED) is 0.153. The van der Waals surface area contributed by atoms with Gasteiger partial charge in [-0.1, -0.05) is 43.3 Å². The van der Waals surface area contributed by atoms with Crippen LogP contribution in [0.1, 0.15) is 43.7 Å². The van der Waals surface area contributed by atoms with Gasteiger partial charge in [0.1, 0.15) is 12.1 Å². The molecule has 0 saturated carbocycles. The lowest BCUT2D eigenvalue weighted by Crippen LogP contribution is -2.38. The second kappa shape index (κ2) is 16.0. The average Bonchev–Trinajstić information content (AvgIpc) is 3.87. The number of nitriles is 2. The lowest BCUT2D eigenvalue weighted by Gasteiger charge is -2.16. The second-order valence-electron chi connectivity index (χ2n) is 13.6. The molecule has 4 aromatic carbocycles. The third-order valence-corrected chi connectivity index (χ3v) is 9.77. The Labute approximate surface area is 331 Å². The first-order valence-electron chi connectivity index (χ1n) is 18.8. The third kappa shape index (κ3) is 7.37. The summed E-state index contributed by atoms with van der Waals surface area (Å²) in [5.74, 6) is 1.37. The molecular weight excluding hydrogens is 733 g/mol. The number of para-hydroxylation sites is 2. The van der Waals surface area contributed by atoms with E-state index in [-0.39, 0.29) is 11.9 Å². The van der Waals surface area contributed by atoms with Crippen LogP contribution in [0, 0.1) is 22.7 Å². The summed E-state index contributed by atoms with van der Waals surface area (Å²) >= 11 is 0. The van der Waals surface area contributed by atoms with Crippen LogP contribution in [0.15, 0.2) is 97.1 Å². The zero-order valence-electron chi connectivity index (χ0n) is 31.3. The van der Waals surface area contributed by atoms with Crippen LogP contribution >= 0.6 is 0 Å². The number of benzene rings is 4. The number of hydrogen-bond acceptors (Lipinski definition) is 12. The second-order valence-corrected chi connectivity index (χ2v) is 13.6. The molecule has 5 N–H and O–H groups in total. The molecule has 1 saturated heterocycles. The lowest BCUT2D eigenvalue weighted by molar-refractivity contribution is -0.121. The first kappa shape index (κ1) is 37.0. The zero-order chi connectivity index (χ0) is 40.2. The number of nitrogens with two attached hydrogens (primary N) is 1. The molecule has 58 heavy (non-hydrogen) atoms. The largest absolute Gasteiger partial charge is 0.368 e. The van der Waals surface area contributed by atoms with Crippen molar-refractivity contribution in [1.82, 2.24) is 44.5 Å². The zero-order valence-corrected chi connectivity index (χ0v) is 31.3. The van der Waals surface area contributed by atoms with E-state index >= 15 is 0 Å². The van der Waals surface area contributed by atoms with E-state index in [1.807, 2.05) is 67.6 Å². The number of carbonyl (C=O) groups is 2. The molecule has 0 spiro atoms. The highest BCUT2D eigenvalue weighted by Crippen LogP contribution is 2.27. The Bertz CT molecular complexity index is 2920. The van der Waals surface area contributed by atoms with Crippen LogP contribution in [0.4, 0.5) is 11.9 Å². The number of rotatable bonds is 8. The number of aromatic nitrogens is 8. The van der Waals surface area contributed by atoms with E-state index in [4.69, 9.17) is 21.0 Å². The van der Waals surface area contributed by atoms with Gasteiger partial charge < -0.3 is 21.7 Å². The molecule has 2 atom stereocenters. The van der Waals surface area contributed by atoms with Crippen molar-refractivity contribution in [2.24, 2.45) is 5.73 Å². The molecule has 1 fully saturated rings. The van der Waals surface area contributed by atoms with Gasteiger partial charge in [-0.2, -0.15) is 19.6 Å². The molecule has 0 unspecified atom stereocenters. The van der Waals surface area contributed by atoms with Gasteiger partial charge in [0.25, 0.3) is 0 Å². The Balaban J connectivity index is 0.000000162. The summed E-state index contributed by atoms with van der Waals surface area (Å²) in [6, 6.07) is 32.8. The third-order valence-electron chi connectivity index (χ3n) is 9.77. The molecule has 9 rings (SSSR count). The van der Waals surface area contributed by atoms with Gasteiger partial charge in [0.15, 0.2) is 22.9 Å². The molecule has 0 radical (unpaired) electrons. The van der Waals surface area contributed by atoms with Crippen LogP contribution in [0.5, 0.6) is 0 Å². The monoisotopic (exact) mass is 768 g/mol. The van der Waals surface area contributed by atoms with Crippen LogP contribution in [0.3, 0.4) is 0 Å². The van der Waals surface area contributed by atoms with Gasteiger partial charge in [-0.15, -0.1) is 10.2 Å². The Kier molecular flexibility index (Phi) is 10.2. The molecular formula is C42H36N14O2. The molecule has 5 heterocycles. The number of fused-ring (bicyclic) bond motifs is 6. The van der Waals surface area contributed by atoms with Crippen molar-refractivity contribution in [2.45, 2.75) is 44.7 Å². The van der Waals surface area contributed by atoms with Crippen molar-refractivity contribution < 1.29 is 9.59 Å². The number of anilines is 2. The molecule has 4 aromatic heterocycles. The fraction of sp³-hybridized carbons (Fsp3) is 0.190. The molecule has 286 valence electrons. The number of carbonyl (C=O) groups excluding carboxylic acids is 2. The minimum atomic E-state index is -0.570. The van der Waals surface area contributed by atoms with E-state index < -0.39 is 11.9 Å². The number of amides is 2. The van der Waals surface area contributed by atoms with E-state index in [0.29, 0.717) is 58.9 Å².